The minimum Gasteiger partial charge on any atom is -0.423 e. The van der Waals surface area contributed by atoms with E-state index in [0.717, 1.165) is 5.56 Å². The Hall–Kier alpha value is -2.67. The molecule has 3 aromatic rings. The Kier molecular flexibility index (Phi) is 3.64. The average molecular weight is 319 g/mol. The van der Waals surface area contributed by atoms with Crippen molar-refractivity contribution in [2.45, 2.75) is 6.92 Å². The lowest BCUT2D eigenvalue weighted by atomic mass is 10.2. The first-order valence-corrected chi connectivity index (χ1v) is 6.72. The molecule has 2 aromatic heterocycles. The average Bonchev–Trinajstić information content (AvgIpc) is 3.09. The highest BCUT2D eigenvalue weighted by atomic mass is 35.5. The number of nitrogens with zero attached hydrogens (tertiary/aromatic N) is 4. The fraction of sp³-hybridized carbons (Fsp3) is 0.143. The van der Waals surface area contributed by atoms with Gasteiger partial charge in [0.15, 0.2) is 0 Å². The standard InChI is InChI=1S/C14H11ClN4O3/c1-8-11(12(15)19(2)18-8)14(20)22-10-5-3-9(4-6-10)13-17-16-7-21-13/h3-7H,1-2H3. The van der Waals surface area contributed by atoms with Crippen LogP contribution < -0.4 is 4.74 Å². The number of carbonyl (C=O) groups excluding carboxylic acids is 1. The molecule has 1 aromatic carbocycles. The van der Waals surface area contributed by atoms with Crippen molar-refractivity contribution in [2.75, 3.05) is 0 Å². The minimum absolute atomic E-state index is 0.241. The van der Waals surface area contributed by atoms with E-state index in [2.05, 4.69) is 15.3 Å². The quantitative estimate of drug-likeness (QED) is 0.545. The number of aromatic nitrogens is 4. The number of benzene rings is 1. The van der Waals surface area contributed by atoms with Crippen molar-refractivity contribution in [3.63, 3.8) is 0 Å². The number of ether oxygens (including phenoxy) is 1. The summed E-state index contributed by atoms with van der Waals surface area (Å²) in [6.45, 7) is 1.70. The highest BCUT2D eigenvalue weighted by Gasteiger charge is 2.21. The number of halogens is 1. The summed E-state index contributed by atoms with van der Waals surface area (Å²) in [5.41, 5.74) is 1.50. The van der Waals surface area contributed by atoms with Crippen LogP contribution in [0.3, 0.4) is 0 Å². The molecule has 0 aliphatic rings. The molecule has 0 aliphatic carbocycles. The third kappa shape index (κ3) is 2.58. The van der Waals surface area contributed by atoms with Crippen molar-refractivity contribution in [2.24, 2.45) is 7.05 Å². The van der Waals surface area contributed by atoms with Crippen LogP contribution in [0.15, 0.2) is 35.1 Å². The Morgan fingerprint density at radius 3 is 2.59 bits per heavy atom. The van der Waals surface area contributed by atoms with Gasteiger partial charge in [0.2, 0.25) is 12.3 Å². The Bertz CT molecular complexity index is 809. The summed E-state index contributed by atoms with van der Waals surface area (Å²) in [5.74, 6) is 0.220. The summed E-state index contributed by atoms with van der Waals surface area (Å²) >= 11 is 6.04. The molecule has 0 saturated carbocycles. The smallest absolute Gasteiger partial charge is 0.348 e. The fourth-order valence-electron chi connectivity index (χ4n) is 1.98. The van der Waals surface area contributed by atoms with E-state index in [1.165, 1.54) is 11.1 Å². The molecular formula is C14H11ClN4O3. The third-order valence-electron chi connectivity index (χ3n) is 3.03. The highest BCUT2D eigenvalue weighted by Crippen LogP contribution is 2.23. The van der Waals surface area contributed by atoms with Gasteiger partial charge in [0, 0.05) is 12.6 Å². The van der Waals surface area contributed by atoms with Gasteiger partial charge in [0.1, 0.15) is 16.5 Å². The van der Waals surface area contributed by atoms with E-state index in [1.54, 1.807) is 38.2 Å². The van der Waals surface area contributed by atoms with Gasteiger partial charge in [-0.3, -0.25) is 4.68 Å². The number of esters is 1. The van der Waals surface area contributed by atoms with Crippen molar-refractivity contribution in [1.29, 1.82) is 0 Å². The van der Waals surface area contributed by atoms with Crippen molar-refractivity contribution in [3.05, 3.63) is 47.1 Å². The molecule has 0 saturated heterocycles. The maximum Gasteiger partial charge on any atom is 0.348 e. The zero-order valence-corrected chi connectivity index (χ0v) is 12.5. The maximum atomic E-state index is 12.2. The second-order valence-corrected chi connectivity index (χ2v) is 4.89. The minimum atomic E-state index is -0.554. The fourth-order valence-corrected chi connectivity index (χ4v) is 2.24. The molecule has 7 nitrogen and oxygen atoms in total. The monoisotopic (exact) mass is 318 g/mol. The molecule has 0 unspecified atom stereocenters. The van der Waals surface area contributed by atoms with Crippen molar-refractivity contribution in [1.82, 2.24) is 20.0 Å². The van der Waals surface area contributed by atoms with E-state index in [0.29, 0.717) is 17.3 Å². The summed E-state index contributed by atoms with van der Waals surface area (Å²) in [4.78, 5) is 12.2. The van der Waals surface area contributed by atoms with Crippen LogP contribution in [0.1, 0.15) is 16.1 Å². The molecule has 0 amide bonds. The van der Waals surface area contributed by atoms with Crippen molar-refractivity contribution in [3.8, 4) is 17.2 Å². The van der Waals surface area contributed by atoms with Crippen LogP contribution in [0.2, 0.25) is 5.15 Å². The largest absolute Gasteiger partial charge is 0.423 e. The van der Waals surface area contributed by atoms with E-state index >= 15 is 0 Å². The van der Waals surface area contributed by atoms with E-state index in [1.807, 2.05) is 0 Å². The molecule has 2 heterocycles. The Morgan fingerprint density at radius 1 is 1.32 bits per heavy atom. The molecular weight excluding hydrogens is 308 g/mol. The van der Waals surface area contributed by atoms with Crippen LogP contribution in [-0.4, -0.2) is 25.9 Å². The zero-order chi connectivity index (χ0) is 15.7. The predicted octanol–water partition coefficient (Wildman–Crippen LogP) is 2.65. The number of hydrogen-bond acceptors (Lipinski definition) is 6. The van der Waals surface area contributed by atoms with Crippen LogP contribution in [0.25, 0.3) is 11.5 Å². The van der Waals surface area contributed by atoms with Crippen LogP contribution >= 0.6 is 11.6 Å². The van der Waals surface area contributed by atoms with Gasteiger partial charge in [-0.2, -0.15) is 5.10 Å². The van der Waals surface area contributed by atoms with Gasteiger partial charge in [-0.05, 0) is 31.2 Å². The molecule has 0 fully saturated rings. The van der Waals surface area contributed by atoms with Crippen LogP contribution in [-0.2, 0) is 7.05 Å². The first kappa shape index (κ1) is 14.3. The summed E-state index contributed by atoms with van der Waals surface area (Å²) in [7, 11) is 1.66. The topological polar surface area (TPSA) is 83.0 Å². The molecule has 0 N–H and O–H groups in total. The zero-order valence-electron chi connectivity index (χ0n) is 11.8. The number of rotatable bonds is 3. The van der Waals surface area contributed by atoms with Gasteiger partial charge in [-0.25, -0.2) is 4.79 Å². The van der Waals surface area contributed by atoms with E-state index in [-0.39, 0.29) is 10.7 Å². The maximum absolute atomic E-state index is 12.2. The molecule has 22 heavy (non-hydrogen) atoms. The van der Waals surface area contributed by atoms with Crippen LogP contribution in [0.4, 0.5) is 0 Å². The first-order valence-electron chi connectivity index (χ1n) is 6.34. The lowest BCUT2D eigenvalue weighted by Crippen LogP contribution is -2.09. The first-order chi connectivity index (χ1) is 10.6. The molecule has 0 radical (unpaired) electrons. The molecule has 112 valence electrons. The van der Waals surface area contributed by atoms with Gasteiger partial charge in [0.25, 0.3) is 0 Å². The van der Waals surface area contributed by atoms with E-state index < -0.39 is 5.97 Å². The Balaban J connectivity index is 1.80. The van der Waals surface area contributed by atoms with Crippen molar-refractivity contribution < 1.29 is 13.9 Å². The second-order valence-electron chi connectivity index (χ2n) is 4.53. The number of carbonyl (C=O) groups is 1. The van der Waals surface area contributed by atoms with E-state index in [9.17, 15) is 4.79 Å². The van der Waals surface area contributed by atoms with Gasteiger partial charge >= 0.3 is 5.97 Å². The number of hydrogen-bond donors (Lipinski definition) is 0. The van der Waals surface area contributed by atoms with Crippen LogP contribution in [0.5, 0.6) is 5.75 Å². The van der Waals surface area contributed by atoms with Crippen molar-refractivity contribution >= 4 is 17.6 Å². The summed E-state index contributed by atoms with van der Waals surface area (Å²) in [5, 5.41) is 11.7. The van der Waals surface area contributed by atoms with Gasteiger partial charge in [-0.15, -0.1) is 10.2 Å². The summed E-state index contributed by atoms with van der Waals surface area (Å²) in [6, 6.07) is 6.70. The van der Waals surface area contributed by atoms with Crippen LogP contribution in [0, 0.1) is 6.92 Å². The van der Waals surface area contributed by atoms with Gasteiger partial charge in [0.05, 0.1) is 5.69 Å². The SMILES string of the molecule is Cc1nn(C)c(Cl)c1C(=O)Oc1ccc(-c2nnco2)cc1. The van der Waals surface area contributed by atoms with Gasteiger partial charge in [-0.1, -0.05) is 11.6 Å². The molecule has 0 atom stereocenters. The molecule has 8 heteroatoms. The Morgan fingerprint density at radius 2 is 2.05 bits per heavy atom. The summed E-state index contributed by atoms with van der Waals surface area (Å²) < 4.78 is 11.8. The second kappa shape index (κ2) is 5.61. The third-order valence-corrected chi connectivity index (χ3v) is 3.46. The molecule has 0 aliphatic heterocycles. The lowest BCUT2D eigenvalue weighted by Gasteiger charge is -2.04. The Labute approximate surface area is 130 Å². The number of aryl methyl sites for hydroxylation is 2. The van der Waals surface area contributed by atoms with E-state index in [4.69, 9.17) is 20.8 Å². The summed E-state index contributed by atoms with van der Waals surface area (Å²) in [6.07, 6.45) is 1.25. The van der Waals surface area contributed by atoms with Gasteiger partial charge < -0.3 is 9.15 Å². The molecule has 0 spiro atoms. The lowest BCUT2D eigenvalue weighted by molar-refractivity contribution is 0.0734. The highest BCUT2D eigenvalue weighted by molar-refractivity contribution is 6.32. The molecule has 3 rings (SSSR count). The molecule has 0 bridgehead atoms. The predicted molar refractivity (Wildman–Crippen MR) is 77.6 cm³/mol. The normalized spacial score (nSPS) is 10.7.